The highest BCUT2D eigenvalue weighted by Crippen LogP contribution is 2.26. The van der Waals surface area contributed by atoms with Crippen molar-refractivity contribution in [1.29, 1.82) is 0 Å². The van der Waals surface area contributed by atoms with Gasteiger partial charge in [-0.1, -0.05) is 73.1 Å². The number of hydrogen-bond donors (Lipinski definition) is 0. The summed E-state index contributed by atoms with van der Waals surface area (Å²) in [4.78, 5) is 12.0. The first-order valence-corrected chi connectivity index (χ1v) is 12.2. The van der Waals surface area contributed by atoms with Gasteiger partial charge in [0.1, 0.15) is 6.61 Å². The Hall–Kier alpha value is -3.40. The smallest absolute Gasteiger partial charge is 0.117 e. The summed E-state index contributed by atoms with van der Waals surface area (Å²) in [6.07, 6.45) is 6.73. The van der Waals surface area contributed by atoms with Crippen LogP contribution < -0.4 is 0 Å². The number of hydrogen-bond acceptors (Lipinski definition) is 3. The van der Waals surface area contributed by atoms with E-state index in [-0.39, 0.29) is 0 Å². The summed E-state index contributed by atoms with van der Waals surface area (Å²) in [6.45, 7) is 10.2. The number of nitrogens with zero attached hydrogens (tertiary/aromatic N) is 3. The van der Waals surface area contributed by atoms with E-state index in [1.807, 2.05) is 13.4 Å². The fraction of sp³-hybridized carbons (Fsp3) is 0.333. The van der Waals surface area contributed by atoms with Crippen LogP contribution in [0.5, 0.6) is 0 Å². The SMILES string of the molecule is CCCCON=Cc1ccc(-c2ccc(Cc3cc(C)c(N=CN(C)CC)cc3C)cc2)cc1. The van der Waals surface area contributed by atoms with Crippen LogP contribution in [0.3, 0.4) is 0 Å². The largest absolute Gasteiger partial charge is 0.396 e. The lowest BCUT2D eigenvalue weighted by molar-refractivity contribution is 0.143. The van der Waals surface area contributed by atoms with E-state index in [9.17, 15) is 0 Å². The van der Waals surface area contributed by atoms with Gasteiger partial charge in [-0.05, 0) is 78.6 Å². The molecule has 0 atom stereocenters. The molecule has 0 N–H and O–H groups in total. The van der Waals surface area contributed by atoms with Gasteiger partial charge in [0.25, 0.3) is 0 Å². The van der Waals surface area contributed by atoms with Crippen molar-refractivity contribution < 1.29 is 4.84 Å². The van der Waals surface area contributed by atoms with Crippen LogP contribution >= 0.6 is 0 Å². The maximum absolute atomic E-state index is 5.26. The predicted molar refractivity (Wildman–Crippen MR) is 146 cm³/mol. The van der Waals surface area contributed by atoms with E-state index in [2.05, 4.69) is 103 Å². The van der Waals surface area contributed by atoms with Crippen LogP contribution in [0.15, 0.2) is 70.8 Å². The van der Waals surface area contributed by atoms with Crippen LogP contribution in [0.4, 0.5) is 5.69 Å². The molecule has 0 saturated carbocycles. The average molecular weight is 456 g/mol. The summed E-state index contributed by atoms with van der Waals surface area (Å²) in [5.41, 5.74) is 9.62. The molecule has 0 fully saturated rings. The molecule has 0 aliphatic rings. The molecule has 0 aliphatic heterocycles. The lowest BCUT2D eigenvalue weighted by Crippen LogP contribution is -2.14. The number of aryl methyl sites for hydroxylation is 2. The molecule has 0 spiro atoms. The summed E-state index contributed by atoms with van der Waals surface area (Å²) in [7, 11) is 2.04. The zero-order chi connectivity index (χ0) is 24.3. The van der Waals surface area contributed by atoms with Gasteiger partial charge in [0.2, 0.25) is 0 Å². The third kappa shape index (κ3) is 7.31. The Morgan fingerprint density at radius 2 is 1.56 bits per heavy atom. The summed E-state index contributed by atoms with van der Waals surface area (Å²) < 4.78 is 0. The monoisotopic (exact) mass is 455 g/mol. The zero-order valence-electron chi connectivity index (χ0n) is 21.2. The molecule has 0 aromatic heterocycles. The highest BCUT2D eigenvalue weighted by atomic mass is 16.6. The van der Waals surface area contributed by atoms with Gasteiger partial charge in [-0.15, -0.1) is 0 Å². The van der Waals surface area contributed by atoms with Gasteiger partial charge in [0.15, 0.2) is 0 Å². The van der Waals surface area contributed by atoms with Crippen LogP contribution in [0.2, 0.25) is 0 Å². The number of oxime groups is 1. The Kier molecular flexibility index (Phi) is 9.45. The molecule has 4 nitrogen and oxygen atoms in total. The van der Waals surface area contributed by atoms with Crippen LogP contribution in [0.25, 0.3) is 11.1 Å². The minimum absolute atomic E-state index is 0.672. The van der Waals surface area contributed by atoms with E-state index in [1.165, 1.54) is 33.4 Å². The van der Waals surface area contributed by atoms with Gasteiger partial charge >= 0.3 is 0 Å². The van der Waals surface area contributed by atoms with Gasteiger partial charge in [-0.25, -0.2) is 4.99 Å². The molecule has 3 aromatic carbocycles. The Morgan fingerprint density at radius 3 is 2.21 bits per heavy atom. The molecule has 4 heteroatoms. The number of aliphatic imine (C=N–C) groups is 1. The Labute approximate surface area is 205 Å². The molecule has 0 amide bonds. The number of unbranched alkanes of at least 4 members (excludes halogenated alkanes) is 1. The lowest BCUT2D eigenvalue weighted by atomic mass is 9.96. The summed E-state index contributed by atoms with van der Waals surface area (Å²) in [5.74, 6) is 0. The molecular formula is C30H37N3O. The van der Waals surface area contributed by atoms with Crippen molar-refractivity contribution in [3.05, 3.63) is 88.5 Å². The van der Waals surface area contributed by atoms with Crippen molar-refractivity contribution in [3.63, 3.8) is 0 Å². The Morgan fingerprint density at radius 1 is 0.882 bits per heavy atom. The van der Waals surface area contributed by atoms with Crippen LogP contribution in [-0.4, -0.2) is 37.7 Å². The van der Waals surface area contributed by atoms with Gasteiger partial charge in [0.05, 0.1) is 18.2 Å². The first-order chi connectivity index (χ1) is 16.5. The first kappa shape index (κ1) is 25.2. The van der Waals surface area contributed by atoms with Gasteiger partial charge in [0, 0.05) is 13.6 Å². The summed E-state index contributed by atoms with van der Waals surface area (Å²) >= 11 is 0. The fourth-order valence-electron chi connectivity index (χ4n) is 3.59. The molecule has 0 radical (unpaired) electrons. The topological polar surface area (TPSA) is 37.2 Å². The second kappa shape index (κ2) is 12.7. The molecule has 0 saturated heterocycles. The normalized spacial score (nSPS) is 11.4. The van der Waals surface area contributed by atoms with Crippen molar-refractivity contribution in [1.82, 2.24) is 4.90 Å². The molecule has 3 aromatic rings. The highest BCUT2D eigenvalue weighted by Gasteiger charge is 2.06. The molecule has 178 valence electrons. The van der Waals surface area contributed by atoms with E-state index in [0.29, 0.717) is 6.61 Å². The lowest BCUT2D eigenvalue weighted by Gasteiger charge is -2.12. The zero-order valence-corrected chi connectivity index (χ0v) is 21.2. The Bertz CT molecular complexity index is 1100. The molecule has 34 heavy (non-hydrogen) atoms. The van der Waals surface area contributed by atoms with Gasteiger partial charge in [-0.2, -0.15) is 0 Å². The van der Waals surface area contributed by atoms with E-state index in [4.69, 9.17) is 4.84 Å². The van der Waals surface area contributed by atoms with Gasteiger partial charge < -0.3 is 9.74 Å². The molecule has 0 aliphatic carbocycles. The van der Waals surface area contributed by atoms with E-state index >= 15 is 0 Å². The Balaban J connectivity index is 1.65. The number of benzene rings is 3. The van der Waals surface area contributed by atoms with Crippen LogP contribution in [-0.2, 0) is 11.3 Å². The maximum Gasteiger partial charge on any atom is 0.117 e. The third-order valence-corrected chi connectivity index (χ3v) is 6.01. The van der Waals surface area contributed by atoms with E-state index in [1.54, 1.807) is 6.21 Å². The second-order valence-electron chi connectivity index (χ2n) is 8.80. The molecule has 0 unspecified atom stereocenters. The van der Waals surface area contributed by atoms with Crippen molar-refractivity contribution in [2.45, 2.75) is 47.0 Å². The fourth-order valence-corrected chi connectivity index (χ4v) is 3.59. The summed E-state index contributed by atoms with van der Waals surface area (Å²) in [6, 6.07) is 21.7. The van der Waals surface area contributed by atoms with Crippen molar-refractivity contribution in [3.8, 4) is 11.1 Å². The quantitative estimate of drug-likeness (QED) is 0.131. The average Bonchev–Trinajstić information content (AvgIpc) is 2.85. The third-order valence-electron chi connectivity index (χ3n) is 6.01. The van der Waals surface area contributed by atoms with Crippen molar-refractivity contribution in [2.24, 2.45) is 10.1 Å². The van der Waals surface area contributed by atoms with E-state index in [0.717, 1.165) is 37.1 Å². The second-order valence-corrected chi connectivity index (χ2v) is 8.80. The van der Waals surface area contributed by atoms with Crippen molar-refractivity contribution in [2.75, 3.05) is 20.2 Å². The molecule has 3 rings (SSSR count). The number of rotatable bonds is 11. The van der Waals surface area contributed by atoms with Gasteiger partial charge in [-0.3, -0.25) is 0 Å². The highest BCUT2D eigenvalue weighted by molar-refractivity contribution is 5.80. The maximum atomic E-state index is 5.26. The predicted octanol–water partition coefficient (Wildman–Crippen LogP) is 7.32. The van der Waals surface area contributed by atoms with Crippen LogP contribution in [0.1, 0.15) is 54.5 Å². The summed E-state index contributed by atoms with van der Waals surface area (Å²) in [5, 5.41) is 4.04. The molecule has 0 bridgehead atoms. The van der Waals surface area contributed by atoms with Crippen molar-refractivity contribution >= 4 is 18.2 Å². The standard InChI is InChI=1S/C30H37N3O/c1-6-8-17-34-32-21-26-11-15-28(16-12-26)27-13-9-25(10-14-27)20-29-18-24(4)30(19-23(29)3)31-22-33(5)7-2/h9-16,18-19,21-22H,6-8,17,20H2,1-5H3. The minimum atomic E-state index is 0.672. The van der Waals surface area contributed by atoms with E-state index < -0.39 is 0 Å². The minimum Gasteiger partial charge on any atom is -0.396 e. The first-order valence-electron chi connectivity index (χ1n) is 12.2. The molecular weight excluding hydrogens is 418 g/mol. The molecule has 0 heterocycles. The van der Waals surface area contributed by atoms with Crippen LogP contribution in [0, 0.1) is 13.8 Å².